The highest BCUT2D eigenvalue weighted by atomic mass is 35.5. The van der Waals surface area contributed by atoms with Crippen LogP contribution in [-0.2, 0) is 11.3 Å². The number of nitrogens with one attached hydrogen (secondary N) is 1. The SMILES string of the molecule is CC(C)[C@@H](C(=O)O)N1Cc2ccc(-c3ccc(NC(=O)c4ccc(Cl)cc4Cl)cc3)cc2C1=O. The number of aliphatic carboxylic acids is 1. The number of carbonyl (C=O) groups is 3. The number of carboxylic acid groups (broad SMARTS) is 1. The first-order chi connectivity index (χ1) is 16.2. The summed E-state index contributed by atoms with van der Waals surface area (Å²) < 4.78 is 0. The van der Waals surface area contributed by atoms with Crippen molar-refractivity contribution in [2.24, 2.45) is 5.92 Å². The minimum Gasteiger partial charge on any atom is -0.480 e. The highest BCUT2D eigenvalue weighted by Gasteiger charge is 2.38. The molecule has 0 aromatic heterocycles. The maximum Gasteiger partial charge on any atom is 0.326 e. The first kappa shape index (κ1) is 23.8. The maximum atomic E-state index is 13.0. The number of carboxylic acids is 1. The first-order valence-electron chi connectivity index (χ1n) is 10.7. The average molecular weight is 497 g/mol. The Kier molecular flexibility index (Phi) is 6.64. The number of halogens is 2. The van der Waals surface area contributed by atoms with E-state index >= 15 is 0 Å². The third-order valence-corrected chi connectivity index (χ3v) is 6.36. The van der Waals surface area contributed by atoms with Crippen LogP contribution >= 0.6 is 23.2 Å². The van der Waals surface area contributed by atoms with Gasteiger partial charge in [0.1, 0.15) is 6.04 Å². The molecule has 0 unspecified atom stereocenters. The van der Waals surface area contributed by atoms with Gasteiger partial charge < -0.3 is 15.3 Å². The Morgan fingerprint density at radius 2 is 1.65 bits per heavy atom. The van der Waals surface area contributed by atoms with Crippen LogP contribution in [0.3, 0.4) is 0 Å². The molecule has 1 aliphatic rings. The lowest BCUT2D eigenvalue weighted by Gasteiger charge is -2.27. The quantitative estimate of drug-likeness (QED) is 0.439. The van der Waals surface area contributed by atoms with Crippen molar-refractivity contribution in [3.05, 3.63) is 87.4 Å². The van der Waals surface area contributed by atoms with Gasteiger partial charge in [0.2, 0.25) is 0 Å². The van der Waals surface area contributed by atoms with Gasteiger partial charge in [-0.25, -0.2) is 4.79 Å². The second kappa shape index (κ2) is 9.49. The molecule has 2 amide bonds. The number of fused-ring (bicyclic) bond motifs is 1. The molecule has 1 heterocycles. The van der Waals surface area contributed by atoms with E-state index in [9.17, 15) is 19.5 Å². The molecule has 6 nitrogen and oxygen atoms in total. The van der Waals surface area contributed by atoms with Crippen molar-refractivity contribution in [1.29, 1.82) is 0 Å². The second-order valence-corrected chi connectivity index (χ2v) is 9.33. The maximum absolute atomic E-state index is 13.0. The highest BCUT2D eigenvalue weighted by molar-refractivity contribution is 6.37. The third-order valence-electron chi connectivity index (χ3n) is 5.81. The van der Waals surface area contributed by atoms with Crippen molar-refractivity contribution in [3.63, 3.8) is 0 Å². The Balaban J connectivity index is 1.52. The molecule has 174 valence electrons. The summed E-state index contributed by atoms with van der Waals surface area (Å²) in [6, 6.07) is 16.6. The van der Waals surface area contributed by atoms with E-state index in [0.717, 1.165) is 16.7 Å². The number of carbonyl (C=O) groups excluding carboxylic acids is 2. The summed E-state index contributed by atoms with van der Waals surface area (Å²) >= 11 is 12.0. The summed E-state index contributed by atoms with van der Waals surface area (Å²) in [6.07, 6.45) is 0. The highest BCUT2D eigenvalue weighted by Crippen LogP contribution is 2.32. The number of benzene rings is 3. The lowest BCUT2D eigenvalue weighted by molar-refractivity contribution is -0.144. The molecule has 3 aromatic carbocycles. The van der Waals surface area contributed by atoms with Gasteiger partial charge in [-0.3, -0.25) is 9.59 Å². The normalized spacial score (nSPS) is 13.7. The van der Waals surface area contributed by atoms with Crippen LogP contribution in [0.2, 0.25) is 10.0 Å². The lowest BCUT2D eigenvalue weighted by Crippen LogP contribution is -2.44. The fourth-order valence-electron chi connectivity index (χ4n) is 4.12. The molecule has 1 aliphatic heterocycles. The molecular formula is C26H22Cl2N2O4. The first-order valence-corrected chi connectivity index (χ1v) is 11.4. The fourth-order valence-corrected chi connectivity index (χ4v) is 4.62. The molecule has 8 heteroatoms. The van der Waals surface area contributed by atoms with Gasteiger partial charge in [-0.1, -0.05) is 61.3 Å². The smallest absolute Gasteiger partial charge is 0.326 e. The zero-order chi connectivity index (χ0) is 24.6. The van der Waals surface area contributed by atoms with Gasteiger partial charge in [-0.05, 0) is 59.0 Å². The van der Waals surface area contributed by atoms with Crippen molar-refractivity contribution >= 4 is 46.7 Å². The molecule has 1 atom stereocenters. The van der Waals surface area contributed by atoms with Crippen LogP contribution < -0.4 is 5.32 Å². The Morgan fingerprint density at radius 3 is 2.26 bits per heavy atom. The van der Waals surface area contributed by atoms with Crippen molar-refractivity contribution in [1.82, 2.24) is 4.90 Å². The second-order valence-electron chi connectivity index (χ2n) is 8.49. The van der Waals surface area contributed by atoms with Crippen LogP contribution in [0.25, 0.3) is 11.1 Å². The van der Waals surface area contributed by atoms with Crippen molar-refractivity contribution < 1.29 is 19.5 Å². The molecule has 0 radical (unpaired) electrons. The molecule has 0 fully saturated rings. The fraction of sp³-hybridized carbons (Fsp3) is 0.192. The summed E-state index contributed by atoms with van der Waals surface area (Å²) in [5.74, 6) is -1.84. The van der Waals surface area contributed by atoms with Crippen molar-refractivity contribution in [3.8, 4) is 11.1 Å². The van der Waals surface area contributed by atoms with Gasteiger partial charge in [-0.15, -0.1) is 0 Å². The van der Waals surface area contributed by atoms with E-state index < -0.39 is 12.0 Å². The average Bonchev–Trinajstić information content (AvgIpc) is 3.09. The number of amides is 2. The van der Waals surface area contributed by atoms with Crippen LogP contribution in [-0.4, -0.2) is 33.8 Å². The van der Waals surface area contributed by atoms with Crippen LogP contribution in [0.1, 0.15) is 40.1 Å². The monoisotopic (exact) mass is 496 g/mol. The van der Waals surface area contributed by atoms with E-state index in [2.05, 4.69) is 5.32 Å². The summed E-state index contributed by atoms with van der Waals surface area (Å²) in [7, 11) is 0. The Hall–Kier alpha value is -3.35. The van der Waals surface area contributed by atoms with Gasteiger partial charge in [0, 0.05) is 22.8 Å². The lowest BCUT2D eigenvalue weighted by atomic mass is 10.00. The number of rotatable bonds is 6. The van der Waals surface area contributed by atoms with Crippen LogP contribution in [0.5, 0.6) is 0 Å². The van der Waals surface area contributed by atoms with Gasteiger partial charge in [0.15, 0.2) is 0 Å². The number of hydrogen-bond donors (Lipinski definition) is 2. The largest absolute Gasteiger partial charge is 0.480 e. The van der Waals surface area contributed by atoms with Gasteiger partial charge in [0.05, 0.1) is 10.6 Å². The minimum atomic E-state index is -1.01. The Labute approximate surface area is 207 Å². The van der Waals surface area contributed by atoms with Crippen molar-refractivity contribution in [2.45, 2.75) is 26.4 Å². The predicted octanol–water partition coefficient (Wildman–Crippen LogP) is 5.98. The Bertz CT molecular complexity index is 1290. The van der Waals surface area contributed by atoms with E-state index in [1.807, 2.05) is 24.3 Å². The van der Waals surface area contributed by atoms with E-state index in [1.165, 1.54) is 11.0 Å². The third kappa shape index (κ3) is 4.65. The molecule has 4 rings (SSSR count). The summed E-state index contributed by atoms with van der Waals surface area (Å²) in [5.41, 5.74) is 3.91. The minimum absolute atomic E-state index is 0.208. The summed E-state index contributed by atoms with van der Waals surface area (Å²) in [5, 5.41) is 13.1. The van der Waals surface area contributed by atoms with E-state index in [4.69, 9.17) is 23.2 Å². The van der Waals surface area contributed by atoms with E-state index in [1.54, 1.807) is 44.2 Å². The molecule has 3 aromatic rings. The molecule has 0 spiro atoms. The molecule has 0 saturated carbocycles. The molecule has 0 aliphatic carbocycles. The van der Waals surface area contributed by atoms with Crippen molar-refractivity contribution in [2.75, 3.05) is 5.32 Å². The number of anilines is 1. The van der Waals surface area contributed by atoms with Crippen LogP contribution in [0.4, 0.5) is 5.69 Å². The van der Waals surface area contributed by atoms with Gasteiger partial charge in [-0.2, -0.15) is 0 Å². The molecule has 34 heavy (non-hydrogen) atoms. The standard InChI is InChI=1S/C26H22Cl2N2O4/c1-14(2)23(26(33)34)30-13-17-4-3-16(11-21(17)25(30)32)15-5-8-19(9-6-15)29-24(31)20-10-7-18(27)12-22(20)28/h3-12,14,23H,13H2,1-2H3,(H,29,31)(H,33,34)/t23-/m0/s1. The van der Waals surface area contributed by atoms with E-state index in [0.29, 0.717) is 21.8 Å². The van der Waals surface area contributed by atoms with Crippen LogP contribution in [0, 0.1) is 5.92 Å². The zero-order valence-electron chi connectivity index (χ0n) is 18.5. The topological polar surface area (TPSA) is 86.7 Å². The number of nitrogens with zero attached hydrogens (tertiary/aromatic N) is 1. The Morgan fingerprint density at radius 1 is 0.971 bits per heavy atom. The summed E-state index contributed by atoms with van der Waals surface area (Å²) in [4.78, 5) is 38.6. The number of hydrogen-bond acceptors (Lipinski definition) is 3. The molecular weight excluding hydrogens is 475 g/mol. The predicted molar refractivity (Wildman–Crippen MR) is 132 cm³/mol. The molecule has 2 N–H and O–H groups in total. The van der Waals surface area contributed by atoms with E-state index in [-0.39, 0.29) is 29.3 Å². The van der Waals surface area contributed by atoms with Crippen LogP contribution in [0.15, 0.2) is 60.7 Å². The molecule has 0 bridgehead atoms. The summed E-state index contributed by atoms with van der Waals surface area (Å²) in [6.45, 7) is 3.87. The van der Waals surface area contributed by atoms with Gasteiger partial charge in [0.25, 0.3) is 11.8 Å². The molecule has 0 saturated heterocycles. The zero-order valence-corrected chi connectivity index (χ0v) is 20.0. The van der Waals surface area contributed by atoms with Gasteiger partial charge >= 0.3 is 5.97 Å².